The van der Waals surface area contributed by atoms with Crippen LogP contribution in [0.4, 0.5) is 11.4 Å². The van der Waals surface area contributed by atoms with Gasteiger partial charge < -0.3 is 19.7 Å². The van der Waals surface area contributed by atoms with Gasteiger partial charge in [-0.1, -0.05) is 26.0 Å². The third-order valence-electron chi connectivity index (χ3n) is 4.57. The monoisotopic (exact) mass is 318 g/mol. The van der Waals surface area contributed by atoms with Gasteiger partial charge in [-0.25, -0.2) is 0 Å². The Morgan fingerprint density at radius 2 is 2.26 bits per heavy atom. The maximum Gasteiger partial charge on any atom is 0.253 e. The maximum absolute atomic E-state index is 12.6. The van der Waals surface area contributed by atoms with Gasteiger partial charge in [-0.2, -0.15) is 0 Å². The summed E-state index contributed by atoms with van der Waals surface area (Å²) in [4.78, 5) is 14.5. The Morgan fingerprint density at radius 3 is 3.00 bits per heavy atom. The topological polar surface area (TPSA) is 50.8 Å². The highest BCUT2D eigenvalue weighted by Gasteiger charge is 2.29. The van der Waals surface area contributed by atoms with Crippen LogP contribution in [0.15, 0.2) is 24.3 Å². The zero-order valence-corrected chi connectivity index (χ0v) is 14.0. The Hall–Kier alpha value is -1.59. The molecule has 1 N–H and O–H groups in total. The minimum Gasteiger partial charge on any atom is -0.379 e. The van der Waals surface area contributed by atoms with E-state index in [9.17, 15) is 4.79 Å². The van der Waals surface area contributed by atoms with Crippen LogP contribution in [0.5, 0.6) is 0 Å². The number of carbonyl (C=O) groups excluding carboxylic acids is 1. The predicted octanol–water partition coefficient (Wildman–Crippen LogP) is 2.67. The second-order valence-electron chi connectivity index (χ2n) is 6.67. The summed E-state index contributed by atoms with van der Waals surface area (Å²) in [6.07, 6.45) is 2.27. The molecular formula is C18H26N2O3. The first-order valence-electron chi connectivity index (χ1n) is 8.50. The molecule has 0 saturated carbocycles. The van der Waals surface area contributed by atoms with Crippen LogP contribution in [0.3, 0.4) is 0 Å². The van der Waals surface area contributed by atoms with Gasteiger partial charge in [0.1, 0.15) is 6.61 Å². The fourth-order valence-electron chi connectivity index (χ4n) is 3.12. The molecule has 23 heavy (non-hydrogen) atoms. The molecule has 0 bridgehead atoms. The molecule has 0 aromatic heterocycles. The van der Waals surface area contributed by atoms with E-state index in [1.807, 2.05) is 29.2 Å². The molecule has 0 spiro atoms. The lowest BCUT2D eigenvalue weighted by atomic mass is 10.00. The first-order chi connectivity index (χ1) is 11.1. The summed E-state index contributed by atoms with van der Waals surface area (Å²) in [5.74, 6) is 0.467. The molecule has 2 aliphatic heterocycles. The van der Waals surface area contributed by atoms with E-state index in [4.69, 9.17) is 9.47 Å². The van der Waals surface area contributed by atoms with Crippen molar-refractivity contribution < 1.29 is 14.3 Å². The van der Waals surface area contributed by atoms with Crippen molar-refractivity contribution in [3.63, 3.8) is 0 Å². The van der Waals surface area contributed by atoms with Crippen LogP contribution in [-0.4, -0.2) is 44.4 Å². The zero-order chi connectivity index (χ0) is 16.2. The quantitative estimate of drug-likeness (QED) is 0.907. The summed E-state index contributed by atoms with van der Waals surface area (Å²) < 4.78 is 11.1. The van der Waals surface area contributed by atoms with Crippen molar-refractivity contribution in [1.82, 2.24) is 0 Å². The molecule has 0 aliphatic carbocycles. The van der Waals surface area contributed by atoms with Crippen molar-refractivity contribution >= 4 is 17.3 Å². The summed E-state index contributed by atoms with van der Waals surface area (Å²) >= 11 is 0. The van der Waals surface area contributed by atoms with E-state index < -0.39 is 0 Å². The Kier molecular flexibility index (Phi) is 5.18. The highest BCUT2D eigenvalue weighted by Crippen LogP contribution is 2.32. The van der Waals surface area contributed by atoms with Crippen molar-refractivity contribution in [2.45, 2.75) is 38.8 Å². The van der Waals surface area contributed by atoms with Gasteiger partial charge in [-0.05, 0) is 30.9 Å². The van der Waals surface area contributed by atoms with Crippen LogP contribution in [0.1, 0.15) is 26.7 Å². The molecule has 5 nitrogen and oxygen atoms in total. The number of anilines is 2. The minimum atomic E-state index is 0.0163. The summed E-state index contributed by atoms with van der Waals surface area (Å²) in [5.41, 5.74) is 1.96. The number of fused-ring (bicyclic) bond motifs is 1. The number of nitrogens with one attached hydrogen (secondary N) is 1. The number of hydrogen-bond donors (Lipinski definition) is 1. The highest BCUT2D eigenvalue weighted by atomic mass is 16.5. The molecule has 2 aliphatic rings. The Morgan fingerprint density at radius 1 is 1.43 bits per heavy atom. The lowest BCUT2D eigenvalue weighted by molar-refractivity contribution is -0.124. The van der Waals surface area contributed by atoms with Gasteiger partial charge in [0.15, 0.2) is 0 Å². The van der Waals surface area contributed by atoms with E-state index >= 15 is 0 Å². The summed E-state index contributed by atoms with van der Waals surface area (Å²) in [6.45, 7) is 6.44. The molecule has 0 radical (unpaired) electrons. The molecule has 1 fully saturated rings. The van der Waals surface area contributed by atoms with Crippen molar-refractivity contribution in [2.24, 2.45) is 5.92 Å². The number of amides is 1. The molecule has 1 aromatic carbocycles. The van der Waals surface area contributed by atoms with Gasteiger partial charge in [0.05, 0.1) is 24.1 Å². The van der Waals surface area contributed by atoms with Gasteiger partial charge in [-0.15, -0.1) is 0 Å². The summed E-state index contributed by atoms with van der Waals surface area (Å²) in [7, 11) is 0. The second-order valence-corrected chi connectivity index (χ2v) is 6.67. The summed E-state index contributed by atoms with van der Waals surface area (Å²) in [5, 5.41) is 3.53. The molecule has 126 valence electrons. The minimum absolute atomic E-state index is 0.0163. The van der Waals surface area contributed by atoms with Crippen LogP contribution in [0, 0.1) is 5.92 Å². The smallest absolute Gasteiger partial charge is 0.253 e. The van der Waals surface area contributed by atoms with Gasteiger partial charge in [0, 0.05) is 19.2 Å². The number of carbonyl (C=O) groups is 1. The van der Waals surface area contributed by atoms with Gasteiger partial charge in [-0.3, -0.25) is 4.79 Å². The molecule has 1 saturated heterocycles. The molecular weight excluding hydrogens is 292 g/mol. The lowest BCUT2D eigenvalue weighted by Gasteiger charge is -2.37. The van der Waals surface area contributed by atoms with E-state index in [1.165, 1.54) is 0 Å². The fraction of sp³-hybridized carbons (Fsp3) is 0.611. The average molecular weight is 318 g/mol. The molecule has 1 amide bonds. The van der Waals surface area contributed by atoms with E-state index in [1.54, 1.807) is 0 Å². The van der Waals surface area contributed by atoms with Gasteiger partial charge in [0.2, 0.25) is 0 Å². The molecule has 5 heteroatoms. The van der Waals surface area contributed by atoms with Crippen molar-refractivity contribution in [1.29, 1.82) is 0 Å². The number of hydrogen-bond acceptors (Lipinski definition) is 4. The number of rotatable bonds is 5. The predicted molar refractivity (Wildman–Crippen MR) is 90.8 cm³/mol. The van der Waals surface area contributed by atoms with E-state index in [-0.39, 0.29) is 24.7 Å². The molecule has 2 heterocycles. The zero-order valence-electron chi connectivity index (χ0n) is 14.0. The van der Waals surface area contributed by atoms with Crippen LogP contribution in [0.2, 0.25) is 0 Å². The SMILES string of the molecule is CC(C)[C@@H]1CN(C(=O)COC[C@H]2CCCO2)c2ccccc2N1. The number of para-hydroxylation sites is 2. The summed E-state index contributed by atoms with van der Waals surface area (Å²) in [6, 6.07) is 8.22. The second kappa shape index (κ2) is 7.32. The Balaban J connectivity index is 1.63. The first-order valence-corrected chi connectivity index (χ1v) is 8.50. The van der Waals surface area contributed by atoms with Gasteiger partial charge >= 0.3 is 0 Å². The van der Waals surface area contributed by atoms with Crippen LogP contribution >= 0.6 is 0 Å². The van der Waals surface area contributed by atoms with Crippen LogP contribution < -0.4 is 10.2 Å². The number of nitrogens with zero attached hydrogens (tertiary/aromatic N) is 1. The third kappa shape index (κ3) is 3.85. The Labute approximate surface area is 137 Å². The first kappa shape index (κ1) is 16.3. The van der Waals surface area contributed by atoms with Gasteiger partial charge in [0.25, 0.3) is 5.91 Å². The maximum atomic E-state index is 12.6. The van der Waals surface area contributed by atoms with Crippen LogP contribution in [0.25, 0.3) is 0 Å². The van der Waals surface area contributed by atoms with Crippen LogP contribution in [-0.2, 0) is 14.3 Å². The van der Waals surface area contributed by atoms with E-state index in [0.717, 1.165) is 30.8 Å². The number of benzene rings is 1. The lowest BCUT2D eigenvalue weighted by Crippen LogP contribution is -2.48. The number of ether oxygens (including phenoxy) is 2. The molecule has 0 unspecified atom stereocenters. The Bertz CT molecular complexity index is 541. The van der Waals surface area contributed by atoms with Crippen molar-refractivity contribution in [3.8, 4) is 0 Å². The largest absolute Gasteiger partial charge is 0.379 e. The highest BCUT2D eigenvalue weighted by molar-refractivity contribution is 5.98. The normalized spacial score (nSPS) is 23.7. The molecule has 2 atom stereocenters. The average Bonchev–Trinajstić information content (AvgIpc) is 3.07. The van der Waals surface area contributed by atoms with E-state index in [0.29, 0.717) is 19.1 Å². The van der Waals surface area contributed by atoms with Crippen molar-refractivity contribution in [3.05, 3.63) is 24.3 Å². The third-order valence-corrected chi connectivity index (χ3v) is 4.57. The van der Waals surface area contributed by atoms with E-state index in [2.05, 4.69) is 19.2 Å². The fourth-order valence-corrected chi connectivity index (χ4v) is 3.12. The standard InChI is InChI=1S/C18H26N2O3/c1-13(2)16-10-20(17-8-4-3-7-15(17)19-16)18(21)12-22-11-14-6-5-9-23-14/h3-4,7-8,13-14,16,19H,5-6,9-12H2,1-2H3/t14-,16+/m1/s1. The van der Waals surface area contributed by atoms with Crippen molar-refractivity contribution in [2.75, 3.05) is 36.6 Å². The molecule has 3 rings (SSSR count). The molecule has 1 aromatic rings.